The minimum absolute atomic E-state index is 0.0275. The van der Waals surface area contributed by atoms with Gasteiger partial charge in [0.05, 0.1) is 50.6 Å². The SMILES string of the molecule is CN1CC/C=C/[C@H](OCCN2CC(F)(F)C2)[C@@H]2CC[C@H]2CN2C[C@@]3(CCCc4cc(Cl)ccc43)COc3ccc(cc32)[C@@](O)(C(=O)NS(=O)(=O)N2CC(O)C2)CC1=O. The molecule has 1 saturated carbocycles. The summed E-state index contributed by atoms with van der Waals surface area (Å²) in [5, 5.41) is 22.8. The zero-order valence-corrected chi connectivity index (χ0v) is 34.2. The summed E-state index contributed by atoms with van der Waals surface area (Å²) in [4.78, 5) is 33.2. The summed E-state index contributed by atoms with van der Waals surface area (Å²) in [6.45, 7) is 1.45. The van der Waals surface area contributed by atoms with Crippen LogP contribution >= 0.6 is 11.6 Å². The molecule has 0 radical (unpaired) electrons. The Bertz CT molecular complexity index is 2050. The summed E-state index contributed by atoms with van der Waals surface area (Å²) < 4.78 is 69.5. The second-order valence-electron chi connectivity index (χ2n) is 17.2. The molecule has 13 nitrogen and oxygen atoms in total. The lowest BCUT2D eigenvalue weighted by Gasteiger charge is -2.46. The Labute approximate surface area is 343 Å². The summed E-state index contributed by atoms with van der Waals surface area (Å²) in [6, 6.07) is 10.8. The lowest BCUT2D eigenvalue weighted by atomic mass is 9.68. The second-order valence-corrected chi connectivity index (χ2v) is 19.3. The van der Waals surface area contributed by atoms with Crippen molar-refractivity contribution in [3.63, 3.8) is 0 Å². The Morgan fingerprint density at radius 2 is 1.90 bits per heavy atom. The first-order valence-electron chi connectivity index (χ1n) is 20.2. The minimum atomic E-state index is -4.44. The van der Waals surface area contributed by atoms with Gasteiger partial charge in [-0.15, -0.1) is 0 Å². The van der Waals surface area contributed by atoms with E-state index in [4.69, 9.17) is 21.1 Å². The van der Waals surface area contributed by atoms with Crippen LogP contribution in [0.4, 0.5) is 14.5 Å². The lowest BCUT2D eigenvalue weighted by Crippen LogP contribution is -2.60. The smallest absolute Gasteiger partial charge is 0.304 e. The van der Waals surface area contributed by atoms with E-state index in [0.29, 0.717) is 55.7 Å². The molecule has 5 atom stereocenters. The highest BCUT2D eigenvalue weighted by atomic mass is 35.5. The number of fused-ring (bicyclic) bond motifs is 4. The molecule has 2 aromatic rings. The fourth-order valence-corrected chi connectivity index (χ4v) is 10.9. The van der Waals surface area contributed by atoms with E-state index in [-0.39, 0.29) is 56.2 Å². The van der Waals surface area contributed by atoms with Crippen molar-refractivity contribution in [2.45, 2.75) is 74.1 Å². The van der Waals surface area contributed by atoms with Gasteiger partial charge in [0.25, 0.3) is 11.8 Å². The highest BCUT2D eigenvalue weighted by molar-refractivity contribution is 7.87. The zero-order valence-electron chi connectivity index (χ0n) is 32.6. The van der Waals surface area contributed by atoms with Crippen molar-refractivity contribution in [1.82, 2.24) is 18.8 Å². The van der Waals surface area contributed by atoms with Crippen LogP contribution in [0.3, 0.4) is 0 Å². The average Bonchev–Trinajstić information content (AvgIpc) is 3.28. The van der Waals surface area contributed by atoms with Crippen LogP contribution in [0.1, 0.15) is 55.2 Å². The number of aryl methyl sites for hydroxylation is 1. The molecule has 8 rings (SSSR count). The first kappa shape index (κ1) is 41.4. The van der Waals surface area contributed by atoms with Gasteiger partial charge in [-0.05, 0) is 91.3 Å². The quantitative estimate of drug-likeness (QED) is 0.355. The van der Waals surface area contributed by atoms with Crippen LogP contribution in [0.15, 0.2) is 48.6 Å². The van der Waals surface area contributed by atoms with E-state index in [1.807, 2.05) is 29.0 Å². The third-order valence-electron chi connectivity index (χ3n) is 13.1. The first-order valence-corrected chi connectivity index (χ1v) is 22.0. The zero-order chi connectivity index (χ0) is 41.0. The van der Waals surface area contributed by atoms with Crippen LogP contribution in [0, 0.1) is 11.8 Å². The number of β-amino-alcohol motifs (C(OH)–C–C–N with tert-alkyl or cyclic N) is 1. The number of carbonyl (C=O) groups is 2. The van der Waals surface area contributed by atoms with Crippen molar-refractivity contribution in [2.24, 2.45) is 11.8 Å². The molecule has 58 heavy (non-hydrogen) atoms. The van der Waals surface area contributed by atoms with Crippen molar-refractivity contribution < 1.29 is 46.5 Å². The number of carbonyl (C=O) groups excluding carboxylic acids is 2. The molecule has 2 aliphatic carbocycles. The number of aliphatic hydroxyl groups is 2. The molecule has 0 aromatic heterocycles. The highest BCUT2D eigenvalue weighted by Crippen LogP contribution is 2.48. The third-order valence-corrected chi connectivity index (χ3v) is 14.7. The summed E-state index contributed by atoms with van der Waals surface area (Å²) in [5.74, 6) is -3.75. The van der Waals surface area contributed by atoms with Crippen LogP contribution in [-0.2, 0) is 42.0 Å². The van der Waals surface area contributed by atoms with E-state index in [9.17, 15) is 37.0 Å². The molecule has 0 unspecified atom stereocenters. The minimum Gasteiger partial charge on any atom is -0.490 e. The first-order chi connectivity index (χ1) is 27.5. The fraction of sp³-hybridized carbons (Fsp3) is 0.610. The molecule has 3 N–H and O–H groups in total. The predicted octanol–water partition coefficient (Wildman–Crippen LogP) is 3.21. The third kappa shape index (κ3) is 8.22. The van der Waals surface area contributed by atoms with E-state index < -0.39 is 51.5 Å². The molecule has 2 amide bonds. The summed E-state index contributed by atoms with van der Waals surface area (Å²) >= 11 is 6.47. The van der Waals surface area contributed by atoms with Crippen molar-refractivity contribution >= 4 is 39.3 Å². The van der Waals surface area contributed by atoms with Gasteiger partial charge in [0, 0.05) is 56.8 Å². The molecule has 4 heterocycles. The van der Waals surface area contributed by atoms with E-state index in [0.717, 1.165) is 47.5 Å². The predicted molar refractivity (Wildman–Crippen MR) is 212 cm³/mol. The number of hydrogen-bond acceptors (Lipinski definition) is 10. The Hall–Kier alpha value is -3.38. The van der Waals surface area contributed by atoms with Gasteiger partial charge < -0.3 is 29.5 Å². The molecule has 3 fully saturated rings. The van der Waals surface area contributed by atoms with Gasteiger partial charge in [-0.3, -0.25) is 14.5 Å². The number of benzene rings is 2. The van der Waals surface area contributed by atoms with Crippen LogP contribution in [0.25, 0.3) is 0 Å². The number of nitrogens with zero attached hydrogens (tertiary/aromatic N) is 4. The van der Waals surface area contributed by atoms with Crippen molar-refractivity contribution in [1.29, 1.82) is 0 Å². The van der Waals surface area contributed by atoms with E-state index >= 15 is 0 Å². The topological polar surface area (TPSA) is 152 Å². The van der Waals surface area contributed by atoms with Crippen molar-refractivity contribution in [3.05, 3.63) is 70.3 Å². The lowest BCUT2D eigenvalue weighted by molar-refractivity contribution is -0.148. The number of halogens is 3. The van der Waals surface area contributed by atoms with Crippen LogP contribution in [0.2, 0.25) is 5.02 Å². The maximum atomic E-state index is 14.1. The van der Waals surface area contributed by atoms with Gasteiger partial charge in [-0.1, -0.05) is 35.9 Å². The normalized spacial score (nSPS) is 31.1. The van der Waals surface area contributed by atoms with Gasteiger partial charge in [-0.2, -0.15) is 12.7 Å². The number of rotatable bonds is 7. The summed E-state index contributed by atoms with van der Waals surface area (Å²) in [5.41, 5.74) is -0.102. The maximum Gasteiger partial charge on any atom is 0.304 e. The Morgan fingerprint density at radius 1 is 1.10 bits per heavy atom. The second kappa shape index (κ2) is 15.9. The van der Waals surface area contributed by atoms with Gasteiger partial charge in [0.15, 0.2) is 5.60 Å². The summed E-state index contributed by atoms with van der Waals surface area (Å²) in [7, 11) is -2.89. The number of anilines is 1. The number of amides is 2. The van der Waals surface area contributed by atoms with E-state index in [2.05, 4.69) is 11.0 Å². The number of nitrogens with one attached hydrogen (secondary N) is 1. The molecule has 2 saturated heterocycles. The molecule has 2 bridgehead atoms. The fourth-order valence-electron chi connectivity index (χ4n) is 9.48. The maximum absolute atomic E-state index is 14.1. The number of ether oxygens (including phenoxy) is 2. The van der Waals surface area contributed by atoms with Crippen molar-refractivity contribution in [3.8, 4) is 5.75 Å². The number of alkyl halides is 2. The molecular weight excluding hydrogens is 796 g/mol. The van der Waals surface area contributed by atoms with E-state index in [1.165, 1.54) is 11.0 Å². The van der Waals surface area contributed by atoms with Crippen LogP contribution in [-0.4, -0.2) is 135 Å². The largest absolute Gasteiger partial charge is 0.490 e. The monoisotopic (exact) mass is 847 g/mol. The molecule has 1 spiro atoms. The van der Waals surface area contributed by atoms with Gasteiger partial charge in [0.1, 0.15) is 5.75 Å². The Kier molecular flexibility index (Phi) is 11.3. The molecule has 6 aliphatic rings. The molecule has 4 aliphatic heterocycles. The van der Waals surface area contributed by atoms with Crippen LogP contribution < -0.4 is 14.4 Å². The number of hydrogen-bond donors (Lipinski definition) is 3. The summed E-state index contributed by atoms with van der Waals surface area (Å²) in [6.07, 6.45) is 6.93. The highest BCUT2D eigenvalue weighted by Gasteiger charge is 2.48. The Balaban J connectivity index is 1.16. The molecule has 17 heteroatoms. The molecule has 316 valence electrons. The van der Waals surface area contributed by atoms with E-state index in [1.54, 1.807) is 24.1 Å². The number of likely N-dealkylation sites (tertiary alicyclic amines) is 1. The standard InChI is InChI=1S/C41H52ClF2N5O8S/c1-46-14-3-2-6-35(56-16-15-47-24-40(43,44)25-47)32-10-7-28(32)20-48-23-39(13-4-5-27-17-30(42)9-11-33(27)39)26-57-36-12-8-29(18-34(36)48)41(53,19-37(46)51)38(52)45-58(54,55)49-21-31(50)22-49/h2,6,8-9,11-12,17-18,28,31-32,35,50,53H,3-5,7,10,13-16,19-26H2,1H3,(H,45,52)/b6-2+/t28-,32+,35-,39-,41+/m0/s1. The Morgan fingerprint density at radius 3 is 2.62 bits per heavy atom. The van der Waals surface area contributed by atoms with Crippen LogP contribution in [0.5, 0.6) is 5.75 Å². The molecular formula is C41H52ClF2N5O8S. The van der Waals surface area contributed by atoms with Gasteiger partial charge >= 0.3 is 10.2 Å². The van der Waals surface area contributed by atoms with Crippen molar-refractivity contribution in [2.75, 3.05) is 77.5 Å². The number of aliphatic hydroxyl groups excluding tert-OH is 1. The van der Waals surface area contributed by atoms with Gasteiger partial charge in [0.2, 0.25) is 5.91 Å². The van der Waals surface area contributed by atoms with Gasteiger partial charge in [-0.25, -0.2) is 13.5 Å². The average molecular weight is 848 g/mol. The molecule has 2 aromatic carbocycles.